The number of amidine groups is 1. The van der Waals surface area contributed by atoms with Crippen molar-refractivity contribution in [1.82, 2.24) is 10.2 Å². The highest BCUT2D eigenvalue weighted by Gasteiger charge is 2.33. The first kappa shape index (κ1) is 21.2. The molecule has 4 rings (SSSR count). The zero-order valence-corrected chi connectivity index (χ0v) is 18.0. The summed E-state index contributed by atoms with van der Waals surface area (Å²) in [6.07, 6.45) is 3.84. The molecular formula is C22H24N4O4S. The number of thioether (sulfide) groups is 1. The fourth-order valence-corrected chi connectivity index (χ4v) is 4.64. The first-order valence-electron chi connectivity index (χ1n) is 10.3. The lowest BCUT2D eigenvalue weighted by Crippen LogP contribution is -2.26. The first-order valence-corrected chi connectivity index (χ1v) is 11.2. The van der Waals surface area contributed by atoms with Crippen molar-refractivity contribution in [3.05, 3.63) is 54.0 Å². The van der Waals surface area contributed by atoms with Gasteiger partial charge in [0.25, 0.3) is 11.8 Å². The van der Waals surface area contributed by atoms with E-state index in [-0.39, 0.29) is 30.2 Å². The maximum atomic E-state index is 12.4. The maximum Gasteiger partial charge on any atom is 0.262 e. The van der Waals surface area contributed by atoms with Crippen LogP contribution in [0.4, 0.5) is 5.69 Å². The van der Waals surface area contributed by atoms with Gasteiger partial charge in [0, 0.05) is 30.8 Å². The number of nitrogens with zero attached hydrogens (tertiary/aromatic N) is 2. The van der Waals surface area contributed by atoms with Crippen LogP contribution in [0.5, 0.6) is 0 Å². The van der Waals surface area contributed by atoms with Crippen LogP contribution in [-0.4, -0.2) is 46.1 Å². The van der Waals surface area contributed by atoms with E-state index in [1.807, 2.05) is 6.92 Å². The monoisotopic (exact) mass is 440 g/mol. The van der Waals surface area contributed by atoms with Crippen molar-refractivity contribution < 1.29 is 18.8 Å². The largest absolute Gasteiger partial charge is 0.467 e. The number of benzene rings is 1. The molecule has 162 valence electrons. The van der Waals surface area contributed by atoms with Gasteiger partial charge in [-0.05, 0) is 56.2 Å². The number of furan rings is 1. The van der Waals surface area contributed by atoms with E-state index in [0.29, 0.717) is 17.0 Å². The van der Waals surface area contributed by atoms with Crippen LogP contribution >= 0.6 is 11.8 Å². The molecule has 1 aromatic heterocycles. The Hall–Kier alpha value is -3.07. The summed E-state index contributed by atoms with van der Waals surface area (Å²) in [5, 5.41) is 5.90. The van der Waals surface area contributed by atoms with E-state index in [9.17, 15) is 14.4 Å². The highest BCUT2D eigenvalue weighted by Crippen LogP contribution is 2.29. The van der Waals surface area contributed by atoms with Gasteiger partial charge in [0.2, 0.25) is 5.91 Å². The average molecular weight is 441 g/mol. The van der Waals surface area contributed by atoms with E-state index in [4.69, 9.17) is 4.42 Å². The third-order valence-electron chi connectivity index (χ3n) is 5.22. The molecule has 0 saturated carbocycles. The number of aliphatic imine (C=N–C) groups is 1. The number of anilines is 1. The van der Waals surface area contributed by atoms with Gasteiger partial charge in [-0.15, -0.1) is 0 Å². The summed E-state index contributed by atoms with van der Waals surface area (Å²) in [7, 11) is 0. The molecule has 0 bridgehead atoms. The van der Waals surface area contributed by atoms with Crippen LogP contribution in [0.15, 0.2) is 52.1 Å². The van der Waals surface area contributed by atoms with Gasteiger partial charge in [0.15, 0.2) is 5.17 Å². The Morgan fingerprint density at radius 2 is 1.97 bits per heavy atom. The van der Waals surface area contributed by atoms with E-state index >= 15 is 0 Å². The van der Waals surface area contributed by atoms with Gasteiger partial charge in [-0.25, -0.2) is 0 Å². The molecule has 2 N–H and O–H groups in total. The number of hydrogen-bond donors (Lipinski definition) is 2. The summed E-state index contributed by atoms with van der Waals surface area (Å²) in [6, 6.07) is 9.94. The number of likely N-dealkylation sites (tertiary alicyclic amines) is 1. The summed E-state index contributed by atoms with van der Waals surface area (Å²) < 4.78 is 5.29. The van der Waals surface area contributed by atoms with Crippen molar-refractivity contribution >= 4 is 40.3 Å². The fraction of sp³-hybridized carbons (Fsp3) is 0.364. The molecule has 1 aromatic carbocycles. The van der Waals surface area contributed by atoms with Gasteiger partial charge < -0.3 is 20.0 Å². The van der Waals surface area contributed by atoms with Crippen LogP contribution in [-0.2, 0) is 9.59 Å². The van der Waals surface area contributed by atoms with Gasteiger partial charge in [-0.2, -0.15) is 4.99 Å². The van der Waals surface area contributed by atoms with Gasteiger partial charge >= 0.3 is 0 Å². The van der Waals surface area contributed by atoms with E-state index in [2.05, 4.69) is 20.5 Å². The van der Waals surface area contributed by atoms with Crippen molar-refractivity contribution in [2.75, 3.05) is 18.4 Å². The van der Waals surface area contributed by atoms with Gasteiger partial charge in [-0.1, -0.05) is 11.8 Å². The second-order valence-corrected chi connectivity index (χ2v) is 8.74. The Morgan fingerprint density at radius 3 is 2.65 bits per heavy atom. The topological polar surface area (TPSA) is 104 Å². The zero-order valence-electron chi connectivity index (χ0n) is 17.2. The molecule has 9 heteroatoms. The van der Waals surface area contributed by atoms with Crippen molar-refractivity contribution in [1.29, 1.82) is 0 Å². The van der Waals surface area contributed by atoms with E-state index in [0.717, 1.165) is 31.1 Å². The standard InChI is InChI=1S/C22H24N4O4S/c1-14(17-5-4-12-30-17)23-20(28)15-6-8-16(9-7-15)24-19(27)13-18-21(29)25-22(31-18)26-10-2-3-11-26/h4-9,12,14,18H,2-3,10-11,13H2,1H3,(H,23,28)(H,24,27)/t14-,18+/m1/s1. The van der Waals surface area contributed by atoms with Gasteiger partial charge in [-0.3, -0.25) is 14.4 Å². The summed E-state index contributed by atoms with van der Waals surface area (Å²) in [5.74, 6) is -0.0677. The van der Waals surface area contributed by atoms with Gasteiger partial charge in [0.1, 0.15) is 11.0 Å². The molecule has 2 atom stereocenters. The molecule has 3 heterocycles. The van der Waals surface area contributed by atoms with Crippen molar-refractivity contribution in [3.8, 4) is 0 Å². The van der Waals surface area contributed by atoms with Crippen LogP contribution in [0.3, 0.4) is 0 Å². The molecule has 2 aromatic rings. The Bertz CT molecular complexity index is 981. The molecule has 31 heavy (non-hydrogen) atoms. The van der Waals surface area contributed by atoms with Gasteiger partial charge in [0.05, 0.1) is 12.3 Å². The van der Waals surface area contributed by atoms with E-state index < -0.39 is 5.25 Å². The molecule has 2 aliphatic rings. The Balaban J connectivity index is 1.27. The summed E-state index contributed by atoms with van der Waals surface area (Å²) in [4.78, 5) is 43.2. The molecule has 1 fully saturated rings. The molecule has 3 amide bonds. The molecular weight excluding hydrogens is 416 g/mol. The minimum Gasteiger partial charge on any atom is -0.467 e. The highest BCUT2D eigenvalue weighted by molar-refractivity contribution is 8.15. The zero-order chi connectivity index (χ0) is 21.8. The minimum atomic E-state index is -0.483. The number of carbonyl (C=O) groups is 3. The molecule has 1 saturated heterocycles. The van der Waals surface area contributed by atoms with Crippen LogP contribution in [0.25, 0.3) is 0 Å². The number of nitrogens with one attached hydrogen (secondary N) is 2. The van der Waals surface area contributed by atoms with Crippen molar-refractivity contribution in [3.63, 3.8) is 0 Å². The number of amides is 3. The Kier molecular flexibility index (Phi) is 6.41. The lowest BCUT2D eigenvalue weighted by Gasteiger charge is -2.16. The van der Waals surface area contributed by atoms with E-state index in [1.165, 1.54) is 11.8 Å². The summed E-state index contributed by atoms with van der Waals surface area (Å²) >= 11 is 1.37. The third-order valence-corrected chi connectivity index (χ3v) is 6.44. The van der Waals surface area contributed by atoms with Crippen molar-refractivity contribution in [2.45, 2.75) is 37.5 Å². The molecule has 0 aliphatic carbocycles. The maximum absolute atomic E-state index is 12.4. The molecule has 2 aliphatic heterocycles. The summed E-state index contributed by atoms with van der Waals surface area (Å²) in [5.41, 5.74) is 1.04. The first-order chi connectivity index (χ1) is 15.0. The number of rotatable bonds is 6. The predicted octanol–water partition coefficient (Wildman–Crippen LogP) is 3.19. The normalized spacial score (nSPS) is 19.3. The second kappa shape index (κ2) is 9.38. The third kappa shape index (κ3) is 5.16. The predicted molar refractivity (Wildman–Crippen MR) is 119 cm³/mol. The van der Waals surface area contributed by atoms with Crippen LogP contribution in [0.1, 0.15) is 48.3 Å². The minimum absolute atomic E-state index is 0.0627. The lowest BCUT2D eigenvalue weighted by molar-refractivity contribution is -0.121. The second-order valence-electron chi connectivity index (χ2n) is 7.57. The molecule has 0 unspecified atom stereocenters. The molecule has 0 radical (unpaired) electrons. The number of hydrogen-bond acceptors (Lipinski definition) is 6. The van der Waals surface area contributed by atoms with E-state index in [1.54, 1.807) is 42.7 Å². The Morgan fingerprint density at radius 1 is 1.23 bits per heavy atom. The van der Waals surface area contributed by atoms with Crippen molar-refractivity contribution in [2.24, 2.45) is 4.99 Å². The van der Waals surface area contributed by atoms with Crippen LogP contribution in [0, 0.1) is 0 Å². The van der Waals surface area contributed by atoms with Crippen LogP contribution in [0.2, 0.25) is 0 Å². The SMILES string of the molecule is C[C@@H](NC(=O)c1ccc(NC(=O)C[C@@H]2SC(N3CCCC3)=NC2=O)cc1)c1ccco1. The molecule has 8 nitrogen and oxygen atoms in total. The highest BCUT2D eigenvalue weighted by atomic mass is 32.2. The lowest BCUT2D eigenvalue weighted by atomic mass is 10.1. The average Bonchev–Trinajstić information content (AvgIpc) is 3.51. The van der Waals surface area contributed by atoms with Crippen LogP contribution < -0.4 is 10.6 Å². The smallest absolute Gasteiger partial charge is 0.262 e. The molecule has 0 spiro atoms. The fourth-order valence-electron chi connectivity index (χ4n) is 3.53. The summed E-state index contributed by atoms with van der Waals surface area (Å²) in [6.45, 7) is 3.67. The quantitative estimate of drug-likeness (QED) is 0.715. The Labute approximate surface area is 184 Å². The number of carbonyl (C=O) groups excluding carboxylic acids is 3.